The maximum Gasteiger partial charge on any atom is 0.425 e. The highest BCUT2D eigenvalue weighted by molar-refractivity contribution is 5.68. The van der Waals surface area contributed by atoms with E-state index < -0.39 is 18.4 Å². The third-order valence-electron chi connectivity index (χ3n) is 4.84. The summed E-state index contributed by atoms with van der Waals surface area (Å²) in [4.78, 5) is 15.4. The Bertz CT molecular complexity index is 770. The smallest absolute Gasteiger partial charge is 0.425 e. The Hall–Kier alpha value is -2.54. The van der Waals surface area contributed by atoms with E-state index >= 15 is 0 Å². The molecule has 1 aliphatic rings. The summed E-state index contributed by atoms with van der Waals surface area (Å²) in [5.74, 6) is 0. The van der Waals surface area contributed by atoms with E-state index in [1.807, 2.05) is 18.2 Å². The molecule has 2 aromatic rings. The Morgan fingerprint density at radius 1 is 0.964 bits per heavy atom. The molecular weight excluding hydrogens is 369 g/mol. The number of rotatable bonds is 4. The molecule has 2 aromatic carbocycles. The lowest BCUT2D eigenvalue weighted by atomic mass is 10.0. The van der Waals surface area contributed by atoms with Crippen molar-refractivity contribution in [3.05, 3.63) is 60.2 Å². The molecule has 7 heteroatoms. The van der Waals surface area contributed by atoms with Crippen LogP contribution in [0.5, 0.6) is 0 Å². The third kappa shape index (κ3) is 5.25. The van der Waals surface area contributed by atoms with Gasteiger partial charge in [-0.1, -0.05) is 54.6 Å². The van der Waals surface area contributed by atoms with Gasteiger partial charge in [0.2, 0.25) is 0 Å². The Morgan fingerprint density at radius 2 is 1.54 bits per heavy atom. The zero-order valence-corrected chi connectivity index (χ0v) is 15.7. The summed E-state index contributed by atoms with van der Waals surface area (Å²) < 4.78 is 42.0. The van der Waals surface area contributed by atoms with Crippen molar-refractivity contribution < 1.29 is 22.7 Å². The summed E-state index contributed by atoms with van der Waals surface area (Å²) in [5.41, 5.74) is 3.46. The highest BCUT2D eigenvalue weighted by atomic mass is 19.4. The number of hydrogen-bond donors (Lipinski definition) is 0. The van der Waals surface area contributed by atoms with Crippen LogP contribution in [0.25, 0.3) is 11.1 Å². The van der Waals surface area contributed by atoms with Gasteiger partial charge in [0.25, 0.3) is 0 Å². The molecule has 1 atom stereocenters. The van der Waals surface area contributed by atoms with Crippen molar-refractivity contribution >= 4 is 6.09 Å². The fourth-order valence-corrected chi connectivity index (χ4v) is 3.07. The molecule has 0 saturated carbocycles. The van der Waals surface area contributed by atoms with Gasteiger partial charge < -0.3 is 9.64 Å². The molecule has 0 N–H and O–H groups in total. The lowest BCUT2D eigenvalue weighted by Crippen LogP contribution is -2.49. The SMILES string of the molecule is CC(OC(=O)N1CCN(Cc2ccc(-c3ccccc3)cc2)CC1)C(F)(F)F. The number of carbonyl (C=O) groups is 1. The summed E-state index contributed by atoms with van der Waals surface area (Å²) in [6, 6.07) is 18.4. The van der Waals surface area contributed by atoms with Crippen molar-refractivity contribution in [2.45, 2.75) is 25.7 Å². The summed E-state index contributed by atoms with van der Waals surface area (Å²) in [6.45, 7) is 3.47. The van der Waals surface area contributed by atoms with E-state index in [0.717, 1.165) is 30.2 Å². The van der Waals surface area contributed by atoms with E-state index in [1.54, 1.807) is 0 Å². The minimum atomic E-state index is -4.54. The first-order chi connectivity index (χ1) is 13.3. The molecule has 0 aliphatic carbocycles. The molecule has 1 unspecified atom stereocenters. The lowest BCUT2D eigenvalue weighted by Gasteiger charge is -2.34. The van der Waals surface area contributed by atoms with Gasteiger partial charge in [0, 0.05) is 32.7 Å². The molecule has 4 nitrogen and oxygen atoms in total. The van der Waals surface area contributed by atoms with Gasteiger partial charge in [-0.25, -0.2) is 4.79 Å². The monoisotopic (exact) mass is 392 g/mol. The predicted molar refractivity (Wildman–Crippen MR) is 101 cm³/mol. The van der Waals surface area contributed by atoms with Gasteiger partial charge >= 0.3 is 12.3 Å². The standard InChI is InChI=1S/C21H23F3N2O2/c1-16(21(22,23)24)28-20(27)26-13-11-25(12-14-26)15-17-7-9-19(10-8-17)18-5-3-2-4-6-18/h2-10,16H,11-15H2,1H3. The molecule has 3 rings (SSSR count). The van der Waals surface area contributed by atoms with Crippen molar-refractivity contribution in [2.75, 3.05) is 26.2 Å². The maximum atomic E-state index is 12.5. The molecule has 1 fully saturated rings. The van der Waals surface area contributed by atoms with Crippen LogP contribution in [0, 0.1) is 0 Å². The molecule has 150 valence electrons. The Labute approximate surface area is 162 Å². The minimum absolute atomic E-state index is 0.353. The summed E-state index contributed by atoms with van der Waals surface area (Å²) >= 11 is 0. The number of hydrogen-bond acceptors (Lipinski definition) is 3. The van der Waals surface area contributed by atoms with Crippen LogP contribution in [0.1, 0.15) is 12.5 Å². The third-order valence-corrected chi connectivity index (χ3v) is 4.84. The lowest BCUT2D eigenvalue weighted by molar-refractivity contribution is -0.200. The molecule has 1 aliphatic heterocycles. The van der Waals surface area contributed by atoms with Crippen molar-refractivity contribution in [2.24, 2.45) is 0 Å². The van der Waals surface area contributed by atoms with Crippen molar-refractivity contribution in [3.63, 3.8) is 0 Å². The first-order valence-electron chi connectivity index (χ1n) is 9.22. The van der Waals surface area contributed by atoms with Gasteiger partial charge in [-0.15, -0.1) is 0 Å². The minimum Gasteiger partial charge on any atom is -0.437 e. The molecule has 0 spiro atoms. The normalized spacial score (nSPS) is 16.6. The predicted octanol–water partition coefficient (Wildman–Crippen LogP) is 4.56. The Kier molecular flexibility index (Phi) is 6.24. The number of benzene rings is 2. The fourth-order valence-electron chi connectivity index (χ4n) is 3.07. The zero-order valence-electron chi connectivity index (χ0n) is 15.7. The molecular formula is C21H23F3N2O2. The first-order valence-corrected chi connectivity index (χ1v) is 9.22. The molecule has 0 radical (unpaired) electrons. The van der Waals surface area contributed by atoms with Crippen LogP contribution in [0.15, 0.2) is 54.6 Å². The summed E-state index contributed by atoms with van der Waals surface area (Å²) in [5, 5.41) is 0. The number of halogens is 3. The summed E-state index contributed by atoms with van der Waals surface area (Å²) in [6.07, 6.45) is -7.54. The van der Waals surface area contributed by atoms with Crippen LogP contribution >= 0.6 is 0 Å². The topological polar surface area (TPSA) is 32.8 Å². The van der Waals surface area contributed by atoms with E-state index in [2.05, 4.69) is 46.0 Å². The number of ether oxygens (including phenoxy) is 1. The molecule has 28 heavy (non-hydrogen) atoms. The van der Waals surface area contributed by atoms with E-state index in [9.17, 15) is 18.0 Å². The van der Waals surface area contributed by atoms with Crippen LogP contribution < -0.4 is 0 Å². The van der Waals surface area contributed by atoms with Crippen molar-refractivity contribution in [3.8, 4) is 11.1 Å². The fraction of sp³-hybridized carbons (Fsp3) is 0.381. The van der Waals surface area contributed by atoms with E-state index in [4.69, 9.17) is 0 Å². The van der Waals surface area contributed by atoms with Crippen LogP contribution in [-0.4, -0.2) is 54.4 Å². The van der Waals surface area contributed by atoms with Crippen LogP contribution in [0.3, 0.4) is 0 Å². The summed E-state index contributed by atoms with van der Waals surface area (Å²) in [7, 11) is 0. The average molecular weight is 392 g/mol. The number of nitrogens with zero attached hydrogens (tertiary/aromatic N) is 2. The first kappa shape index (κ1) is 20.2. The molecule has 1 heterocycles. The van der Waals surface area contributed by atoms with Gasteiger partial charge in [-0.3, -0.25) is 4.90 Å². The van der Waals surface area contributed by atoms with E-state index in [-0.39, 0.29) is 0 Å². The maximum absolute atomic E-state index is 12.5. The van der Waals surface area contributed by atoms with Crippen LogP contribution in [0.4, 0.5) is 18.0 Å². The number of amides is 1. The van der Waals surface area contributed by atoms with Gasteiger partial charge in [-0.2, -0.15) is 13.2 Å². The van der Waals surface area contributed by atoms with E-state index in [0.29, 0.717) is 26.2 Å². The Balaban J connectivity index is 1.48. The highest BCUT2D eigenvalue weighted by Crippen LogP contribution is 2.23. The molecule has 0 bridgehead atoms. The molecule has 0 aromatic heterocycles. The van der Waals surface area contributed by atoms with Gasteiger partial charge in [0.15, 0.2) is 6.10 Å². The average Bonchev–Trinajstić information content (AvgIpc) is 2.69. The highest BCUT2D eigenvalue weighted by Gasteiger charge is 2.40. The molecule has 1 amide bonds. The largest absolute Gasteiger partial charge is 0.437 e. The Morgan fingerprint density at radius 3 is 2.11 bits per heavy atom. The van der Waals surface area contributed by atoms with Crippen LogP contribution in [0.2, 0.25) is 0 Å². The second kappa shape index (κ2) is 8.65. The van der Waals surface area contributed by atoms with Gasteiger partial charge in [-0.05, 0) is 23.6 Å². The van der Waals surface area contributed by atoms with Crippen LogP contribution in [-0.2, 0) is 11.3 Å². The van der Waals surface area contributed by atoms with Crippen molar-refractivity contribution in [1.82, 2.24) is 9.80 Å². The second-order valence-corrected chi connectivity index (χ2v) is 6.89. The second-order valence-electron chi connectivity index (χ2n) is 6.89. The van der Waals surface area contributed by atoms with E-state index in [1.165, 1.54) is 4.90 Å². The molecule has 1 saturated heterocycles. The quantitative estimate of drug-likeness (QED) is 0.765. The number of alkyl halides is 3. The number of piperazine rings is 1. The van der Waals surface area contributed by atoms with Crippen molar-refractivity contribution in [1.29, 1.82) is 0 Å². The zero-order chi connectivity index (χ0) is 20.1. The van der Waals surface area contributed by atoms with Gasteiger partial charge in [0.05, 0.1) is 0 Å². The van der Waals surface area contributed by atoms with Gasteiger partial charge in [0.1, 0.15) is 0 Å². The number of carbonyl (C=O) groups excluding carboxylic acids is 1.